The van der Waals surface area contributed by atoms with E-state index in [2.05, 4.69) is 12.2 Å². The maximum atomic E-state index is 11.7. The highest BCUT2D eigenvalue weighted by atomic mass is 16.5. The third-order valence-electron chi connectivity index (χ3n) is 3.40. The van der Waals surface area contributed by atoms with Crippen molar-refractivity contribution in [3.8, 4) is 0 Å². The van der Waals surface area contributed by atoms with Crippen molar-refractivity contribution in [2.45, 2.75) is 26.2 Å². The summed E-state index contributed by atoms with van der Waals surface area (Å²) < 4.78 is 4.96. The summed E-state index contributed by atoms with van der Waals surface area (Å²) in [6.07, 6.45) is 6.53. The molecule has 0 spiro atoms. The first kappa shape index (κ1) is 10.4. The highest BCUT2D eigenvalue weighted by Gasteiger charge is 2.46. The fourth-order valence-corrected chi connectivity index (χ4v) is 2.70. The lowest BCUT2D eigenvalue weighted by molar-refractivity contribution is -0.152. The number of rotatable bonds is 2. The molecule has 0 aromatic rings. The van der Waals surface area contributed by atoms with Crippen LogP contribution in [0.25, 0.3) is 0 Å². The topological polar surface area (TPSA) is 43.4 Å². The number of allylic oxidation sites excluding steroid dienone is 2. The van der Waals surface area contributed by atoms with Crippen LogP contribution in [0, 0.1) is 17.8 Å². The second kappa shape index (κ2) is 4.17. The predicted molar refractivity (Wildman–Crippen MR) is 55.1 cm³/mol. The molecule has 0 aromatic heterocycles. The molecule has 0 bridgehead atoms. The standard InChI is InChI=1S/C12H16O3/c1-2-15-12(14)11-9-6-4-3-5-8(9)7-10(11)13/h3-4,8-9,11H,2,5-7H2,1H3/t8-,9+,11-/m1/s1. The highest BCUT2D eigenvalue weighted by molar-refractivity contribution is 6.01. The number of carbonyl (C=O) groups is 2. The monoisotopic (exact) mass is 208 g/mol. The van der Waals surface area contributed by atoms with E-state index in [4.69, 9.17) is 4.74 Å². The Balaban J connectivity index is 2.13. The van der Waals surface area contributed by atoms with E-state index in [1.807, 2.05) is 0 Å². The molecule has 2 aliphatic carbocycles. The van der Waals surface area contributed by atoms with Gasteiger partial charge in [-0.2, -0.15) is 0 Å². The van der Waals surface area contributed by atoms with E-state index >= 15 is 0 Å². The zero-order valence-electron chi connectivity index (χ0n) is 8.94. The first-order valence-electron chi connectivity index (χ1n) is 5.58. The Labute approximate surface area is 89.5 Å². The molecule has 3 heteroatoms. The van der Waals surface area contributed by atoms with Gasteiger partial charge < -0.3 is 4.74 Å². The Morgan fingerprint density at radius 3 is 2.93 bits per heavy atom. The van der Waals surface area contributed by atoms with Crippen LogP contribution in [0.3, 0.4) is 0 Å². The third-order valence-corrected chi connectivity index (χ3v) is 3.40. The predicted octanol–water partition coefficient (Wildman–Crippen LogP) is 1.72. The average Bonchev–Trinajstić information content (AvgIpc) is 2.54. The van der Waals surface area contributed by atoms with E-state index in [1.165, 1.54) is 0 Å². The molecule has 0 N–H and O–H groups in total. The summed E-state index contributed by atoms with van der Waals surface area (Å²) in [5, 5.41) is 0. The van der Waals surface area contributed by atoms with E-state index < -0.39 is 5.92 Å². The zero-order chi connectivity index (χ0) is 10.8. The van der Waals surface area contributed by atoms with Crippen molar-refractivity contribution in [1.82, 2.24) is 0 Å². The van der Waals surface area contributed by atoms with Crippen molar-refractivity contribution in [2.24, 2.45) is 17.8 Å². The van der Waals surface area contributed by atoms with Crippen molar-refractivity contribution in [3.63, 3.8) is 0 Å². The molecule has 2 aliphatic rings. The number of ether oxygens (including phenoxy) is 1. The molecule has 0 aliphatic heterocycles. The minimum absolute atomic E-state index is 0.0761. The first-order chi connectivity index (χ1) is 7.24. The summed E-state index contributed by atoms with van der Waals surface area (Å²) in [6.45, 7) is 2.13. The smallest absolute Gasteiger partial charge is 0.316 e. The minimum atomic E-state index is -0.486. The van der Waals surface area contributed by atoms with E-state index in [0.717, 1.165) is 12.8 Å². The maximum Gasteiger partial charge on any atom is 0.316 e. The maximum absolute atomic E-state index is 11.7. The van der Waals surface area contributed by atoms with Gasteiger partial charge >= 0.3 is 5.97 Å². The Morgan fingerprint density at radius 2 is 2.20 bits per heavy atom. The molecule has 1 fully saturated rings. The van der Waals surface area contributed by atoms with Crippen LogP contribution in [0.4, 0.5) is 0 Å². The summed E-state index contributed by atoms with van der Waals surface area (Å²) in [6, 6.07) is 0. The van der Waals surface area contributed by atoms with E-state index in [0.29, 0.717) is 18.9 Å². The lowest BCUT2D eigenvalue weighted by atomic mass is 9.81. The van der Waals surface area contributed by atoms with Crippen LogP contribution in [0.15, 0.2) is 12.2 Å². The third kappa shape index (κ3) is 1.83. The largest absolute Gasteiger partial charge is 0.465 e. The summed E-state index contributed by atoms with van der Waals surface area (Å²) in [7, 11) is 0. The van der Waals surface area contributed by atoms with Gasteiger partial charge in [-0.15, -0.1) is 0 Å². The van der Waals surface area contributed by atoms with Crippen LogP contribution in [0.1, 0.15) is 26.2 Å². The van der Waals surface area contributed by atoms with Gasteiger partial charge in [0, 0.05) is 6.42 Å². The quantitative estimate of drug-likeness (QED) is 0.394. The summed E-state index contributed by atoms with van der Waals surface area (Å²) in [5.74, 6) is -0.157. The molecule has 3 atom stereocenters. The Hall–Kier alpha value is -1.12. The second-order valence-corrected chi connectivity index (χ2v) is 4.27. The Morgan fingerprint density at radius 1 is 1.47 bits per heavy atom. The van der Waals surface area contributed by atoms with Crippen LogP contribution in [-0.2, 0) is 14.3 Å². The van der Waals surface area contributed by atoms with Gasteiger partial charge in [0.2, 0.25) is 0 Å². The van der Waals surface area contributed by atoms with Gasteiger partial charge in [0.25, 0.3) is 0 Å². The molecule has 0 amide bonds. The van der Waals surface area contributed by atoms with Gasteiger partial charge in [0.1, 0.15) is 11.7 Å². The number of hydrogen-bond acceptors (Lipinski definition) is 3. The van der Waals surface area contributed by atoms with Crippen LogP contribution >= 0.6 is 0 Å². The molecular formula is C12H16O3. The van der Waals surface area contributed by atoms with Gasteiger partial charge in [-0.3, -0.25) is 9.59 Å². The average molecular weight is 208 g/mol. The number of Topliss-reactive ketones (excluding diaryl/α,β-unsaturated/α-hetero) is 1. The molecule has 1 saturated carbocycles. The van der Waals surface area contributed by atoms with Crippen molar-refractivity contribution in [2.75, 3.05) is 6.61 Å². The SMILES string of the molecule is CCOC(=O)[C@H]1C(=O)C[C@H]2CC=CC[C@@H]21. The zero-order valence-corrected chi connectivity index (χ0v) is 8.94. The molecule has 0 saturated heterocycles. The van der Waals surface area contributed by atoms with Crippen molar-refractivity contribution in [1.29, 1.82) is 0 Å². The van der Waals surface area contributed by atoms with Crippen LogP contribution in [-0.4, -0.2) is 18.4 Å². The molecule has 0 aromatic carbocycles. The molecule has 2 rings (SSSR count). The normalized spacial score (nSPS) is 33.9. The van der Waals surface area contributed by atoms with Crippen LogP contribution < -0.4 is 0 Å². The highest BCUT2D eigenvalue weighted by Crippen LogP contribution is 2.42. The second-order valence-electron chi connectivity index (χ2n) is 4.27. The van der Waals surface area contributed by atoms with Crippen molar-refractivity contribution >= 4 is 11.8 Å². The summed E-state index contributed by atoms with van der Waals surface area (Å²) in [4.78, 5) is 23.4. The first-order valence-corrected chi connectivity index (χ1v) is 5.58. The van der Waals surface area contributed by atoms with Gasteiger partial charge in [-0.25, -0.2) is 0 Å². The lowest BCUT2D eigenvalue weighted by Crippen LogP contribution is -2.28. The number of esters is 1. The van der Waals surface area contributed by atoms with Gasteiger partial charge in [0.05, 0.1) is 6.61 Å². The molecule has 0 unspecified atom stereocenters. The lowest BCUT2D eigenvalue weighted by Gasteiger charge is -2.23. The van der Waals surface area contributed by atoms with E-state index in [1.54, 1.807) is 6.92 Å². The minimum Gasteiger partial charge on any atom is -0.465 e. The molecule has 15 heavy (non-hydrogen) atoms. The van der Waals surface area contributed by atoms with Crippen molar-refractivity contribution < 1.29 is 14.3 Å². The number of fused-ring (bicyclic) bond motifs is 1. The van der Waals surface area contributed by atoms with E-state index in [-0.39, 0.29) is 17.7 Å². The van der Waals surface area contributed by atoms with Crippen LogP contribution in [0.5, 0.6) is 0 Å². The van der Waals surface area contributed by atoms with E-state index in [9.17, 15) is 9.59 Å². The van der Waals surface area contributed by atoms with Gasteiger partial charge in [-0.1, -0.05) is 12.2 Å². The number of ketones is 1. The number of carbonyl (C=O) groups excluding carboxylic acids is 2. The molecule has 82 valence electrons. The fourth-order valence-electron chi connectivity index (χ4n) is 2.70. The molecule has 0 radical (unpaired) electrons. The summed E-state index contributed by atoms with van der Waals surface area (Å²) in [5.41, 5.74) is 0. The summed E-state index contributed by atoms with van der Waals surface area (Å²) >= 11 is 0. The van der Waals surface area contributed by atoms with Crippen molar-refractivity contribution in [3.05, 3.63) is 12.2 Å². The molecule has 0 heterocycles. The van der Waals surface area contributed by atoms with Crippen LogP contribution in [0.2, 0.25) is 0 Å². The van der Waals surface area contributed by atoms with Gasteiger partial charge in [-0.05, 0) is 31.6 Å². The Kier molecular flexibility index (Phi) is 2.89. The fraction of sp³-hybridized carbons (Fsp3) is 0.667. The molecule has 3 nitrogen and oxygen atoms in total. The number of hydrogen-bond donors (Lipinski definition) is 0. The molecular weight excluding hydrogens is 192 g/mol. The van der Waals surface area contributed by atoms with Gasteiger partial charge in [0.15, 0.2) is 0 Å². The Bertz CT molecular complexity index is 306.